The summed E-state index contributed by atoms with van der Waals surface area (Å²) < 4.78 is 4.36. The summed E-state index contributed by atoms with van der Waals surface area (Å²) in [6.45, 7) is 2.18. The summed E-state index contributed by atoms with van der Waals surface area (Å²) in [7, 11) is 0. The van der Waals surface area contributed by atoms with Crippen LogP contribution in [0.2, 0.25) is 0 Å². The summed E-state index contributed by atoms with van der Waals surface area (Å²) >= 11 is 1.42. The number of carbonyl (C=O) groups is 1. The van der Waals surface area contributed by atoms with Crippen LogP contribution in [0.5, 0.6) is 0 Å². The van der Waals surface area contributed by atoms with E-state index in [4.69, 9.17) is 0 Å². The molecule has 3 rings (SSSR count). The predicted molar refractivity (Wildman–Crippen MR) is 78.5 cm³/mol. The number of hydrogen-bond donors (Lipinski definition) is 1. The normalized spacial score (nSPS) is 15.7. The van der Waals surface area contributed by atoms with E-state index in [9.17, 15) is 4.79 Å². The van der Waals surface area contributed by atoms with Gasteiger partial charge in [0.25, 0.3) is 0 Å². The van der Waals surface area contributed by atoms with E-state index in [-0.39, 0.29) is 5.91 Å². The van der Waals surface area contributed by atoms with Crippen LogP contribution in [-0.4, -0.2) is 34.8 Å². The number of amides is 1. The Bertz CT molecular complexity index is 575. The van der Waals surface area contributed by atoms with Crippen molar-refractivity contribution in [1.29, 1.82) is 0 Å². The Labute approximate surface area is 116 Å². The number of rotatable bonds is 3. The number of benzene rings is 1. The summed E-state index contributed by atoms with van der Waals surface area (Å²) in [6, 6.07) is 8.00. The number of fused-ring (bicyclic) bond motifs is 1. The van der Waals surface area contributed by atoms with Gasteiger partial charge in [0.1, 0.15) is 5.00 Å². The molecule has 2 heterocycles. The second-order valence-electron chi connectivity index (χ2n) is 4.82. The van der Waals surface area contributed by atoms with Crippen molar-refractivity contribution in [3.63, 3.8) is 0 Å². The number of nitrogens with one attached hydrogen (secondary N) is 1. The van der Waals surface area contributed by atoms with Gasteiger partial charge in [-0.3, -0.25) is 4.79 Å². The molecule has 1 aliphatic heterocycles. The summed E-state index contributed by atoms with van der Waals surface area (Å²) in [5.41, 5.74) is 0.987. The maximum Gasteiger partial charge on any atom is 0.241 e. The zero-order chi connectivity index (χ0) is 13.1. The van der Waals surface area contributed by atoms with Crippen molar-refractivity contribution in [1.82, 2.24) is 9.27 Å². The van der Waals surface area contributed by atoms with E-state index in [1.54, 1.807) is 0 Å². The molecule has 1 saturated heterocycles. The lowest BCUT2D eigenvalue weighted by molar-refractivity contribution is -0.130. The Morgan fingerprint density at radius 2 is 2.05 bits per heavy atom. The molecule has 1 amide bonds. The molecular formula is C14H17N3OS. The Kier molecular flexibility index (Phi) is 3.64. The van der Waals surface area contributed by atoms with Crippen LogP contribution in [0, 0.1) is 0 Å². The lowest BCUT2D eigenvalue weighted by atomic mass is 10.1. The highest BCUT2D eigenvalue weighted by molar-refractivity contribution is 7.11. The fourth-order valence-corrected chi connectivity index (χ4v) is 3.18. The number of piperidine rings is 1. The van der Waals surface area contributed by atoms with Gasteiger partial charge in [-0.1, -0.05) is 12.1 Å². The van der Waals surface area contributed by atoms with Crippen LogP contribution in [0.1, 0.15) is 19.3 Å². The van der Waals surface area contributed by atoms with E-state index in [1.807, 2.05) is 29.2 Å². The standard InChI is InChI=1S/C14H17N3OS/c18-13(17-8-4-1-5-9-17)10-15-14-11-6-2-3-7-12(11)16-19-14/h2-3,6-7,15H,1,4-5,8-10H2. The predicted octanol–water partition coefficient (Wildman–Crippen LogP) is 2.72. The van der Waals surface area contributed by atoms with Crippen molar-refractivity contribution < 1.29 is 4.79 Å². The number of likely N-dealkylation sites (tertiary alicyclic amines) is 1. The summed E-state index contributed by atoms with van der Waals surface area (Å²) in [6.07, 6.45) is 3.52. The second kappa shape index (κ2) is 5.57. The SMILES string of the molecule is O=C(CNc1snc2ccccc12)N1CCCCC1. The molecule has 1 fully saturated rings. The summed E-state index contributed by atoms with van der Waals surface area (Å²) in [5, 5.41) is 5.31. The molecule has 0 radical (unpaired) electrons. The molecule has 0 spiro atoms. The number of carbonyl (C=O) groups excluding carboxylic acids is 1. The first-order valence-corrected chi connectivity index (χ1v) is 7.48. The van der Waals surface area contributed by atoms with Gasteiger partial charge in [0.15, 0.2) is 0 Å². The number of nitrogens with zero attached hydrogens (tertiary/aromatic N) is 2. The Morgan fingerprint density at radius 1 is 1.26 bits per heavy atom. The molecule has 5 heteroatoms. The van der Waals surface area contributed by atoms with Gasteiger partial charge in [0, 0.05) is 18.5 Å². The van der Waals surface area contributed by atoms with Gasteiger partial charge in [-0.05, 0) is 42.9 Å². The molecule has 1 N–H and O–H groups in total. The lowest BCUT2D eigenvalue weighted by Gasteiger charge is -2.26. The molecule has 4 nitrogen and oxygen atoms in total. The highest BCUT2D eigenvalue weighted by Gasteiger charge is 2.16. The summed E-state index contributed by atoms with van der Waals surface area (Å²) in [4.78, 5) is 14.0. The van der Waals surface area contributed by atoms with Gasteiger partial charge in [-0.2, -0.15) is 4.37 Å². The lowest BCUT2D eigenvalue weighted by Crippen LogP contribution is -2.39. The van der Waals surface area contributed by atoms with Crippen LogP contribution in [0.25, 0.3) is 10.9 Å². The molecule has 0 aliphatic carbocycles. The van der Waals surface area contributed by atoms with Crippen LogP contribution < -0.4 is 5.32 Å². The first kappa shape index (κ1) is 12.4. The van der Waals surface area contributed by atoms with Crippen LogP contribution >= 0.6 is 11.5 Å². The van der Waals surface area contributed by atoms with Gasteiger partial charge in [-0.15, -0.1) is 0 Å². The van der Waals surface area contributed by atoms with E-state index in [1.165, 1.54) is 18.0 Å². The molecule has 19 heavy (non-hydrogen) atoms. The third-order valence-electron chi connectivity index (χ3n) is 3.49. The molecule has 0 saturated carbocycles. The van der Waals surface area contributed by atoms with E-state index in [0.717, 1.165) is 41.8 Å². The van der Waals surface area contributed by atoms with E-state index < -0.39 is 0 Å². The quantitative estimate of drug-likeness (QED) is 0.936. The van der Waals surface area contributed by atoms with Gasteiger partial charge in [0.05, 0.1) is 12.1 Å². The molecule has 0 bridgehead atoms. The molecule has 2 aromatic rings. The van der Waals surface area contributed by atoms with Crippen LogP contribution in [0.3, 0.4) is 0 Å². The molecule has 0 atom stereocenters. The zero-order valence-corrected chi connectivity index (χ0v) is 11.6. The maximum atomic E-state index is 12.1. The van der Waals surface area contributed by atoms with E-state index in [2.05, 4.69) is 9.69 Å². The minimum absolute atomic E-state index is 0.192. The van der Waals surface area contributed by atoms with Gasteiger partial charge in [-0.25, -0.2) is 0 Å². The van der Waals surface area contributed by atoms with E-state index >= 15 is 0 Å². The highest BCUT2D eigenvalue weighted by Crippen LogP contribution is 2.27. The van der Waals surface area contributed by atoms with Crippen molar-refractivity contribution in [2.24, 2.45) is 0 Å². The highest BCUT2D eigenvalue weighted by atomic mass is 32.1. The van der Waals surface area contributed by atoms with Crippen molar-refractivity contribution in [3.05, 3.63) is 24.3 Å². The number of aromatic nitrogens is 1. The largest absolute Gasteiger partial charge is 0.366 e. The first-order valence-electron chi connectivity index (χ1n) is 6.70. The average Bonchev–Trinajstić information content (AvgIpc) is 2.89. The minimum Gasteiger partial charge on any atom is -0.366 e. The Morgan fingerprint density at radius 3 is 2.89 bits per heavy atom. The van der Waals surface area contributed by atoms with Crippen molar-refractivity contribution in [3.8, 4) is 0 Å². The first-order chi connectivity index (χ1) is 9.34. The summed E-state index contributed by atoms with van der Waals surface area (Å²) in [5.74, 6) is 0.192. The average molecular weight is 275 g/mol. The van der Waals surface area contributed by atoms with Crippen LogP contribution in [0.15, 0.2) is 24.3 Å². The maximum absolute atomic E-state index is 12.1. The van der Waals surface area contributed by atoms with Gasteiger partial charge >= 0.3 is 0 Å². The fourth-order valence-electron chi connectivity index (χ4n) is 2.43. The van der Waals surface area contributed by atoms with Crippen molar-refractivity contribution in [2.45, 2.75) is 19.3 Å². The monoisotopic (exact) mass is 275 g/mol. The zero-order valence-electron chi connectivity index (χ0n) is 10.8. The Balaban J connectivity index is 1.64. The number of hydrogen-bond acceptors (Lipinski definition) is 4. The minimum atomic E-state index is 0.192. The fraction of sp³-hybridized carbons (Fsp3) is 0.429. The van der Waals surface area contributed by atoms with Crippen molar-refractivity contribution >= 4 is 33.3 Å². The Hall–Kier alpha value is -1.62. The molecule has 1 aromatic carbocycles. The smallest absolute Gasteiger partial charge is 0.241 e. The van der Waals surface area contributed by atoms with Gasteiger partial charge in [0.2, 0.25) is 5.91 Å². The topological polar surface area (TPSA) is 45.2 Å². The molecule has 1 aliphatic rings. The third-order valence-corrected chi connectivity index (χ3v) is 4.33. The van der Waals surface area contributed by atoms with E-state index in [0.29, 0.717) is 6.54 Å². The van der Waals surface area contributed by atoms with Gasteiger partial charge < -0.3 is 10.2 Å². The van der Waals surface area contributed by atoms with Crippen molar-refractivity contribution in [2.75, 3.05) is 25.0 Å². The molecule has 100 valence electrons. The molecule has 1 aromatic heterocycles. The number of anilines is 1. The van der Waals surface area contributed by atoms with Crippen LogP contribution in [0.4, 0.5) is 5.00 Å². The van der Waals surface area contributed by atoms with Crippen LogP contribution in [-0.2, 0) is 4.79 Å². The second-order valence-corrected chi connectivity index (χ2v) is 5.60. The molecular weight excluding hydrogens is 258 g/mol. The molecule has 0 unspecified atom stereocenters. The third kappa shape index (κ3) is 2.71.